The summed E-state index contributed by atoms with van der Waals surface area (Å²) in [5.74, 6) is 0. The molecule has 5 heteroatoms. The predicted octanol–water partition coefficient (Wildman–Crippen LogP) is 3.61. The molecular formula is C15H22N4S. The van der Waals surface area contributed by atoms with E-state index in [1.807, 2.05) is 0 Å². The fourth-order valence-electron chi connectivity index (χ4n) is 2.17. The molecule has 0 fully saturated rings. The second kappa shape index (κ2) is 6.70. The minimum atomic E-state index is 0.769. The molecule has 0 spiro atoms. The lowest BCUT2D eigenvalue weighted by molar-refractivity contribution is 0.868. The van der Waals surface area contributed by atoms with Crippen LogP contribution < -0.4 is 10.2 Å². The maximum Gasteiger partial charge on any atom is 0.135 e. The summed E-state index contributed by atoms with van der Waals surface area (Å²) in [6.45, 7) is 8.14. The van der Waals surface area contributed by atoms with E-state index in [2.05, 4.69) is 65.8 Å². The van der Waals surface area contributed by atoms with Crippen molar-refractivity contribution >= 4 is 22.2 Å². The second-order valence-electron chi connectivity index (χ2n) is 5.18. The molecule has 0 amide bonds. The molecule has 0 atom stereocenters. The van der Waals surface area contributed by atoms with Gasteiger partial charge in [-0.2, -0.15) is 0 Å². The minimum absolute atomic E-state index is 0.769. The molecule has 4 nitrogen and oxygen atoms in total. The lowest BCUT2D eigenvalue weighted by Gasteiger charge is -2.20. The van der Waals surface area contributed by atoms with Gasteiger partial charge in [0.2, 0.25) is 0 Å². The van der Waals surface area contributed by atoms with Gasteiger partial charge < -0.3 is 10.2 Å². The van der Waals surface area contributed by atoms with Gasteiger partial charge in [-0.25, -0.2) is 0 Å². The highest BCUT2D eigenvalue weighted by Crippen LogP contribution is 2.23. The molecule has 0 bridgehead atoms. The van der Waals surface area contributed by atoms with Crippen molar-refractivity contribution in [3.05, 3.63) is 35.0 Å². The summed E-state index contributed by atoms with van der Waals surface area (Å²) in [7, 11) is 2.09. The van der Waals surface area contributed by atoms with E-state index in [1.54, 1.807) is 0 Å². The summed E-state index contributed by atoms with van der Waals surface area (Å²) in [6, 6.07) is 6.59. The Balaban J connectivity index is 2.11. The average Bonchev–Trinajstić information content (AvgIpc) is 2.82. The Bertz CT molecular complexity index is 545. The van der Waals surface area contributed by atoms with Gasteiger partial charge in [0.25, 0.3) is 0 Å². The monoisotopic (exact) mass is 290 g/mol. The highest BCUT2D eigenvalue weighted by molar-refractivity contribution is 7.10. The number of rotatable bonds is 6. The van der Waals surface area contributed by atoms with E-state index < -0.39 is 0 Å². The molecule has 1 aromatic carbocycles. The molecular weight excluding hydrogens is 268 g/mol. The van der Waals surface area contributed by atoms with Gasteiger partial charge in [-0.3, -0.25) is 0 Å². The first kappa shape index (κ1) is 14.8. The van der Waals surface area contributed by atoms with Crippen molar-refractivity contribution < 1.29 is 0 Å². The summed E-state index contributed by atoms with van der Waals surface area (Å²) < 4.78 is 4.06. The van der Waals surface area contributed by atoms with E-state index in [0.717, 1.165) is 30.2 Å². The number of benzene rings is 1. The first-order chi connectivity index (χ1) is 9.60. The standard InChI is InChI=1S/C15H22N4S/c1-5-6-16-15-14(17-18-20-15)10-19(4)13-8-11(2)7-12(3)9-13/h7-9,16H,5-6,10H2,1-4H3. The number of aryl methyl sites for hydroxylation is 2. The van der Waals surface area contributed by atoms with Crippen molar-refractivity contribution in [1.29, 1.82) is 0 Å². The highest BCUT2D eigenvalue weighted by atomic mass is 32.1. The van der Waals surface area contributed by atoms with Crippen LogP contribution in [-0.4, -0.2) is 23.2 Å². The topological polar surface area (TPSA) is 41.1 Å². The third kappa shape index (κ3) is 3.70. The maximum absolute atomic E-state index is 4.24. The van der Waals surface area contributed by atoms with Crippen LogP contribution in [0.3, 0.4) is 0 Å². The number of aromatic nitrogens is 2. The molecule has 0 aliphatic rings. The first-order valence-corrected chi connectivity index (χ1v) is 7.72. The zero-order chi connectivity index (χ0) is 14.5. The van der Waals surface area contributed by atoms with E-state index >= 15 is 0 Å². The molecule has 108 valence electrons. The average molecular weight is 290 g/mol. The number of hydrogen-bond acceptors (Lipinski definition) is 5. The first-order valence-electron chi connectivity index (χ1n) is 6.94. The fourth-order valence-corrected chi connectivity index (χ4v) is 2.77. The fraction of sp³-hybridized carbons (Fsp3) is 0.467. The lowest BCUT2D eigenvalue weighted by atomic mass is 10.1. The number of nitrogens with zero attached hydrogens (tertiary/aromatic N) is 3. The molecule has 0 unspecified atom stereocenters. The van der Waals surface area contributed by atoms with Crippen LogP contribution in [0.1, 0.15) is 30.2 Å². The molecule has 1 aromatic heterocycles. The van der Waals surface area contributed by atoms with Gasteiger partial charge in [0, 0.05) is 30.8 Å². The summed E-state index contributed by atoms with van der Waals surface area (Å²) >= 11 is 1.43. The van der Waals surface area contributed by atoms with E-state index in [1.165, 1.54) is 28.3 Å². The second-order valence-corrected chi connectivity index (χ2v) is 5.93. The lowest BCUT2D eigenvalue weighted by Crippen LogP contribution is -2.18. The number of nitrogens with one attached hydrogen (secondary N) is 1. The van der Waals surface area contributed by atoms with Gasteiger partial charge in [-0.05, 0) is 43.5 Å². The van der Waals surface area contributed by atoms with Crippen LogP contribution in [0.4, 0.5) is 10.7 Å². The molecule has 2 rings (SSSR count). The molecule has 0 aliphatic carbocycles. The molecule has 0 saturated carbocycles. The molecule has 0 radical (unpaired) electrons. The summed E-state index contributed by atoms with van der Waals surface area (Å²) in [6.07, 6.45) is 1.10. The zero-order valence-corrected chi connectivity index (χ0v) is 13.4. The molecule has 20 heavy (non-hydrogen) atoms. The van der Waals surface area contributed by atoms with E-state index in [9.17, 15) is 0 Å². The smallest absolute Gasteiger partial charge is 0.135 e. The van der Waals surface area contributed by atoms with Crippen molar-refractivity contribution in [3.8, 4) is 0 Å². The van der Waals surface area contributed by atoms with Crippen LogP contribution in [0, 0.1) is 13.8 Å². The quantitative estimate of drug-likeness (QED) is 0.882. The van der Waals surface area contributed by atoms with Gasteiger partial charge in [0.1, 0.15) is 10.7 Å². The molecule has 2 aromatic rings. The Kier molecular flexibility index (Phi) is 4.95. The number of hydrogen-bond donors (Lipinski definition) is 1. The van der Waals surface area contributed by atoms with Crippen molar-refractivity contribution in [1.82, 2.24) is 9.59 Å². The maximum atomic E-state index is 4.24. The van der Waals surface area contributed by atoms with Gasteiger partial charge >= 0.3 is 0 Å². The van der Waals surface area contributed by atoms with Crippen LogP contribution in [0.15, 0.2) is 18.2 Å². The van der Waals surface area contributed by atoms with E-state index in [4.69, 9.17) is 0 Å². The van der Waals surface area contributed by atoms with E-state index in [0.29, 0.717) is 0 Å². The van der Waals surface area contributed by atoms with E-state index in [-0.39, 0.29) is 0 Å². The van der Waals surface area contributed by atoms with Crippen molar-refractivity contribution in [2.45, 2.75) is 33.7 Å². The molecule has 0 aliphatic heterocycles. The van der Waals surface area contributed by atoms with Gasteiger partial charge in [-0.15, -0.1) is 5.10 Å². The Morgan fingerprint density at radius 1 is 1.20 bits per heavy atom. The minimum Gasteiger partial charge on any atom is -0.374 e. The Labute approximate surface area is 125 Å². The highest BCUT2D eigenvalue weighted by Gasteiger charge is 2.11. The third-order valence-electron chi connectivity index (χ3n) is 3.13. The molecule has 1 N–H and O–H groups in total. The van der Waals surface area contributed by atoms with Crippen LogP contribution >= 0.6 is 11.5 Å². The van der Waals surface area contributed by atoms with Crippen LogP contribution in [-0.2, 0) is 6.54 Å². The summed E-state index contributed by atoms with van der Waals surface area (Å²) in [4.78, 5) is 2.22. The summed E-state index contributed by atoms with van der Waals surface area (Å²) in [5.41, 5.74) is 4.81. The van der Waals surface area contributed by atoms with Crippen LogP contribution in [0.25, 0.3) is 0 Å². The van der Waals surface area contributed by atoms with Crippen molar-refractivity contribution in [2.75, 3.05) is 23.8 Å². The van der Waals surface area contributed by atoms with Crippen LogP contribution in [0.2, 0.25) is 0 Å². The van der Waals surface area contributed by atoms with Gasteiger partial charge in [0.15, 0.2) is 0 Å². The van der Waals surface area contributed by atoms with Crippen molar-refractivity contribution in [2.24, 2.45) is 0 Å². The predicted molar refractivity (Wildman–Crippen MR) is 86.7 cm³/mol. The Morgan fingerprint density at radius 3 is 2.55 bits per heavy atom. The zero-order valence-electron chi connectivity index (χ0n) is 12.6. The molecule has 0 saturated heterocycles. The Morgan fingerprint density at radius 2 is 1.90 bits per heavy atom. The van der Waals surface area contributed by atoms with Gasteiger partial charge in [-0.1, -0.05) is 17.5 Å². The summed E-state index contributed by atoms with van der Waals surface area (Å²) in [5, 5.41) is 8.72. The van der Waals surface area contributed by atoms with Gasteiger partial charge in [0.05, 0.1) is 6.54 Å². The Hall–Kier alpha value is -1.62. The number of anilines is 2. The largest absolute Gasteiger partial charge is 0.374 e. The molecule has 1 heterocycles. The SMILES string of the molecule is CCCNc1snnc1CN(C)c1cc(C)cc(C)c1. The van der Waals surface area contributed by atoms with Crippen LogP contribution in [0.5, 0.6) is 0 Å². The third-order valence-corrected chi connectivity index (χ3v) is 3.85. The van der Waals surface area contributed by atoms with Crippen molar-refractivity contribution in [3.63, 3.8) is 0 Å². The normalized spacial score (nSPS) is 10.6.